The maximum Gasteiger partial charge on any atom is 0.0247 e. The highest BCUT2D eigenvalue weighted by Gasteiger charge is 1.92. The summed E-state index contributed by atoms with van der Waals surface area (Å²) in [6.07, 6.45) is 4.27. The zero-order valence-electron chi connectivity index (χ0n) is 11.5. The fraction of sp³-hybridized carbons (Fsp3) is 0.263. The van der Waals surface area contributed by atoms with Crippen molar-refractivity contribution in [1.29, 1.82) is 0 Å². The van der Waals surface area contributed by atoms with Gasteiger partial charge in [-0.05, 0) is 36.1 Å². The second-order valence-corrected chi connectivity index (χ2v) is 4.74. The molecule has 0 unspecified atom stereocenters. The van der Waals surface area contributed by atoms with Crippen LogP contribution in [-0.4, -0.2) is 0 Å². The van der Waals surface area contributed by atoms with Crippen LogP contribution in [0.5, 0.6) is 0 Å². The lowest BCUT2D eigenvalue weighted by molar-refractivity contribution is 0.921. The molecule has 2 rings (SSSR count). The van der Waals surface area contributed by atoms with Gasteiger partial charge in [-0.3, -0.25) is 0 Å². The van der Waals surface area contributed by atoms with Crippen LogP contribution >= 0.6 is 0 Å². The maximum absolute atomic E-state index is 3.27. The third kappa shape index (κ3) is 4.64. The normalized spacial score (nSPS) is 9.74. The molecule has 0 aliphatic carbocycles. The molecule has 0 spiro atoms. The van der Waals surface area contributed by atoms with Crippen LogP contribution in [0.25, 0.3) is 0 Å². The SMILES string of the molecule is CCCc1cccc(C#CCCc2ccccc2)c1. The van der Waals surface area contributed by atoms with E-state index in [2.05, 4.69) is 73.4 Å². The van der Waals surface area contributed by atoms with E-state index in [1.54, 1.807) is 0 Å². The topological polar surface area (TPSA) is 0 Å². The maximum atomic E-state index is 3.27. The molecule has 0 fully saturated rings. The molecule has 0 N–H and O–H groups in total. The Balaban J connectivity index is 1.91. The molecule has 0 nitrogen and oxygen atoms in total. The van der Waals surface area contributed by atoms with E-state index in [9.17, 15) is 0 Å². The molecule has 0 bridgehead atoms. The highest BCUT2D eigenvalue weighted by molar-refractivity contribution is 5.37. The molecule has 2 aromatic rings. The Kier molecular flexibility index (Phi) is 5.26. The molecular formula is C19H20. The van der Waals surface area contributed by atoms with Gasteiger partial charge in [0.15, 0.2) is 0 Å². The predicted molar refractivity (Wildman–Crippen MR) is 82.1 cm³/mol. The van der Waals surface area contributed by atoms with Crippen LogP contribution in [0.2, 0.25) is 0 Å². The lowest BCUT2D eigenvalue weighted by Gasteiger charge is -1.98. The first-order valence-corrected chi connectivity index (χ1v) is 7.00. The summed E-state index contributed by atoms with van der Waals surface area (Å²) in [5.74, 6) is 6.53. The average molecular weight is 248 g/mol. The zero-order chi connectivity index (χ0) is 13.3. The molecule has 0 atom stereocenters. The van der Waals surface area contributed by atoms with Gasteiger partial charge in [0.25, 0.3) is 0 Å². The van der Waals surface area contributed by atoms with Gasteiger partial charge < -0.3 is 0 Å². The zero-order valence-corrected chi connectivity index (χ0v) is 11.5. The Bertz CT molecular complexity index is 555. The van der Waals surface area contributed by atoms with E-state index in [4.69, 9.17) is 0 Å². The summed E-state index contributed by atoms with van der Waals surface area (Å²) < 4.78 is 0. The van der Waals surface area contributed by atoms with Crippen LogP contribution in [0.1, 0.15) is 36.5 Å². The van der Waals surface area contributed by atoms with Crippen molar-refractivity contribution >= 4 is 0 Å². The third-order valence-electron chi connectivity index (χ3n) is 3.08. The van der Waals surface area contributed by atoms with Gasteiger partial charge in [0, 0.05) is 12.0 Å². The second kappa shape index (κ2) is 7.44. The highest BCUT2D eigenvalue weighted by atomic mass is 14.0. The summed E-state index contributed by atoms with van der Waals surface area (Å²) >= 11 is 0. The van der Waals surface area contributed by atoms with E-state index in [-0.39, 0.29) is 0 Å². The van der Waals surface area contributed by atoms with Gasteiger partial charge in [-0.25, -0.2) is 0 Å². The molecule has 0 aliphatic heterocycles. The van der Waals surface area contributed by atoms with Crippen molar-refractivity contribution in [2.75, 3.05) is 0 Å². The number of hydrogen-bond donors (Lipinski definition) is 0. The van der Waals surface area contributed by atoms with Crippen molar-refractivity contribution in [2.45, 2.75) is 32.6 Å². The first-order chi connectivity index (χ1) is 9.38. The molecule has 0 amide bonds. The molecule has 0 saturated heterocycles. The van der Waals surface area contributed by atoms with Gasteiger partial charge in [-0.2, -0.15) is 0 Å². The summed E-state index contributed by atoms with van der Waals surface area (Å²) in [5.41, 5.74) is 3.88. The van der Waals surface area contributed by atoms with Crippen molar-refractivity contribution in [2.24, 2.45) is 0 Å². The molecule has 0 aliphatic rings. The number of aryl methyl sites for hydroxylation is 2. The van der Waals surface area contributed by atoms with Crippen LogP contribution < -0.4 is 0 Å². The van der Waals surface area contributed by atoms with Gasteiger partial charge in [0.2, 0.25) is 0 Å². The fourth-order valence-corrected chi connectivity index (χ4v) is 2.11. The van der Waals surface area contributed by atoms with E-state index in [0.717, 1.165) is 24.8 Å². The average Bonchev–Trinajstić information content (AvgIpc) is 2.46. The van der Waals surface area contributed by atoms with Crippen molar-refractivity contribution < 1.29 is 0 Å². The molecule has 0 saturated carbocycles. The summed E-state index contributed by atoms with van der Waals surface area (Å²) in [6, 6.07) is 19.1. The van der Waals surface area contributed by atoms with E-state index >= 15 is 0 Å². The summed E-state index contributed by atoms with van der Waals surface area (Å²) in [6.45, 7) is 2.21. The van der Waals surface area contributed by atoms with Crippen LogP contribution in [0.15, 0.2) is 54.6 Å². The standard InChI is InChI=1S/C19H20/c1-2-9-18-14-8-15-19(16-18)13-7-6-12-17-10-4-3-5-11-17/h3-5,8,10-11,14-16H,2,6,9,12H2,1H3. The number of rotatable bonds is 4. The van der Waals surface area contributed by atoms with Crippen LogP contribution in [0.4, 0.5) is 0 Å². The van der Waals surface area contributed by atoms with Gasteiger partial charge >= 0.3 is 0 Å². The minimum absolute atomic E-state index is 0.919. The largest absolute Gasteiger partial charge is 0.0975 e. The molecule has 19 heavy (non-hydrogen) atoms. The minimum atomic E-state index is 0.919. The first kappa shape index (κ1) is 13.4. The van der Waals surface area contributed by atoms with Gasteiger partial charge in [0.1, 0.15) is 0 Å². The molecule has 96 valence electrons. The van der Waals surface area contributed by atoms with Crippen molar-refractivity contribution in [3.63, 3.8) is 0 Å². The van der Waals surface area contributed by atoms with Crippen LogP contribution in [0.3, 0.4) is 0 Å². The Morgan fingerprint density at radius 2 is 1.63 bits per heavy atom. The quantitative estimate of drug-likeness (QED) is 0.692. The second-order valence-electron chi connectivity index (χ2n) is 4.74. The van der Waals surface area contributed by atoms with Crippen molar-refractivity contribution in [3.8, 4) is 11.8 Å². The molecule has 0 heterocycles. The monoisotopic (exact) mass is 248 g/mol. The van der Waals surface area contributed by atoms with E-state index in [1.807, 2.05) is 0 Å². The van der Waals surface area contributed by atoms with Crippen LogP contribution in [0, 0.1) is 11.8 Å². The van der Waals surface area contributed by atoms with E-state index in [0.29, 0.717) is 0 Å². The fourth-order valence-electron chi connectivity index (χ4n) is 2.11. The Labute approximate surface area is 116 Å². The van der Waals surface area contributed by atoms with Gasteiger partial charge in [-0.1, -0.05) is 67.6 Å². The number of benzene rings is 2. The van der Waals surface area contributed by atoms with E-state index < -0.39 is 0 Å². The van der Waals surface area contributed by atoms with Crippen molar-refractivity contribution in [3.05, 3.63) is 71.3 Å². The van der Waals surface area contributed by atoms with Crippen LogP contribution in [-0.2, 0) is 12.8 Å². The van der Waals surface area contributed by atoms with E-state index in [1.165, 1.54) is 17.5 Å². The van der Waals surface area contributed by atoms with Gasteiger partial charge in [0.05, 0.1) is 0 Å². The van der Waals surface area contributed by atoms with Gasteiger partial charge in [-0.15, -0.1) is 0 Å². The third-order valence-corrected chi connectivity index (χ3v) is 3.08. The molecule has 0 radical (unpaired) electrons. The predicted octanol–water partition coefficient (Wildman–Crippen LogP) is 4.62. The molecular weight excluding hydrogens is 228 g/mol. The Morgan fingerprint density at radius 3 is 2.42 bits per heavy atom. The summed E-state index contributed by atoms with van der Waals surface area (Å²) in [7, 11) is 0. The lowest BCUT2D eigenvalue weighted by Crippen LogP contribution is -1.85. The molecule has 2 aromatic carbocycles. The summed E-state index contributed by atoms with van der Waals surface area (Å²) in [5, 5.41) is 0. The highest BCUT2D eigenvalue weighted by Crippen LogP contribution is 2.07. The lowest BCUT2D eigenvalue weighted by atomic mass is 10.1. The Hall–Kier alpha value is -2.00. The van der Waals surface area contributed by atoms with Crippen molar-refractivity contribution in [1.82, 2.24) is 0 Å². The smallest absolute Gasteiger partial charge is 0.0247 e. The molecule has 0 aromatic heterocycles. The first-order valence-electron chi connectivity index (χ1n) is 7.00. The molecule has 0 heteroatoms. The minimum Gasteiger partial charge on any atom is -0.0975 e. The Morgan fingerprint density at radius 1 is 0.842 bits per heavy atom. The number of hydrogen-bond acceptors (Lipinski definition) is 0. The summed E-state index contributed by atoms with van der Waals surface area (Å²) in [4.78, 5) is 0.